The number of rotatable bonds is 4. The van der Waals surface area contributed by atoms with Crippen LogP contribution in [0.4, 0.5) is 13.6 Å². The lowest BCUT2D eigenvalue weighted by atomic mass is 9.86. The number of amides is 1. The van der Waals surface area contributed by atoms with Crippen molar-refractivity contribution in [3.05, 3.63) is 35.9 Å². The quantitative estimate of drug-likeness (QED) is 0.924. The molecule has 0 spiro atoms. The van der Waals surface area contributed by atoms with Crippen molar-refractivity contribution in [2.75, 3.05) is 13.1 Å². The summed E-state index contributed by atoms with van der Waals surface area (Å²) in [5, 5.41) is 9.21. The number of halogens is 2. The van der Waals surface area contributed by atoms with Crippen LogP contribution in [0.1, 0.15) is 18.4 Å². The maximum Gasteiger partial charge on any atom is 0.410 e. The molecule has 0 aromatic heterocycles. The summed E-state index contributed by atoms with van der Waals surface area (Å²) < 4.78 is 33.4. The lowest BCUT2D eigenvalue weighted by molar-refractivity contribution is -0.151. The van der Waals surface area contributed by atoms with Crippen LogP contribution in [0.2, 0.25) is 0 Å². The Bertz CT molecular complexity index is 616. The van der Waals surface area contributed by atoms with E-state index in [4.69, 9.17) is 4.74 Å². The van der Waals surface area contributed by atoms with Gasteiger partial charge in [-0.25, -0.2) is 13.6 Å². The molecular weight excluding hydrogens is 308 g/mol. The number of alkyl halides is 2. The number of benzene rings is 1. The van der Waals surface area contributed by atoms with Crippen molar-refractivity contribution in [3.8, 4) is 0 Å². The van der Waals surface area contributed by atoms with Gasteiger partial charge in [-0.1, -0.05) is 30.3 Å². The zero-order valence-corrected chi connectivity index (χ0v) is 12.4. The molecule has 1 N–H and O–H groups in total. The van der Waals surface area contributed by atoms with E-state index in [0.717, 1.165) is 10.5 Å². The molecule has 2 aliphatic rings. The second-order valence-electron chi connectivity index (χ2n) is 6.20. The molecule has 0 bridgehead atoms. The Hall–Kier alpha value is -2.18. The molecule has 7 heteroatoms. The van der Waals surface area contributed by atoms with E-state index in [0.29, 0.717) is 0 Å². The van der Waals surface area contributed by atoms with Crippen molar-refractivity contribution >= 4 is 12.1 Å². The van der Waals surface area contributed by atoms with E-state index in [1.54, 1.807) is 24.3 Å². The number of aliphatic carboxylic acids is 1. The Morgan fingerprint density at radius 3 is 2.48 bits per heavy atom. The van der Waals surface area contributed by atoms with Crippen LogP contribution in [0, 0.1) is 11.3 Å². The molecule has 124 valence electrons. The molecular formula is C16H17F2NO4. The van der Waals surface area contributed by atoms with Crippen LogP contribution in [0.5, 0.6) is 0 Å². The monoisotopic (exact) mass is 325 g/mol. The smallest absolute Gasteiger partial charge is 0.410 e. The van der Waals surface area contributed by atoms with Crippen LogP contribution < -0.4 is 0 Å². The lowest BCUT2D eigenvalue weighted by Gasteiger charge is -2.23. The van der Waals surface area contributed by atoms with E-state index >= 15 is 0 Å². The van der Waals surface area contributed by atoms with Gasteiger partial charge in [0.05, 0.1) is 17.9 Å². The standard InChI is InChI=1S/C16H17F2NO4/c17-16(18)10-19(8-12(16)15(6-7-15)13(20)21)14(22)23-9-11-4-2-1-3-5-11/h1-5,12H,6-10H2,(H,20,21). The highest BCUT2D eigenvalue weighted by atomic mass is 19.3. The van der Waals surface area contributed by atoms with E-state index in [9.17, 15) is 23.5 Å². The Morgan fingerprint density at radius 1 is 1.26 bits per heavy atom. The average Bonchev–Trinajstić information content (AvgIpc) is 3.25. The van der Waals surface area contributed by atoms with Gasteiger partial charge in [0.15, 0.2) is 0 Å². The van der Waals surface area contributed by atoms with Crippen molar-refractivity contribution in [2.45, 2.75) is 25.4 Å². The van der Waals surface area contributed by atoms with Gasteiger partial charge in [-0.05, 0) is 18.4 Å². The van der Waals surface area contributed by atoms with Crippen molar-refractivity contribution in [2.24, 2.45) is 11.3 Å². The lowest BCUT2D eigenvalue weighted by Crippen LogP contribution is -2.38. The van der Waals surface area contributed by atoms with E-state index in [1.165, 1.54) is 0 Å². The van der Waals surface area contributed by atoms with Gasteiger partial charge in [-0.2, -0.15) is 0 Å². The van der Waals surface area contributed by atoms with Crippen LogP contribution >= 0.6 is 0 Å². The summed E-state index contributed by atoms with van der Waals surface area (Å²) in [6.07, 6.45) is -0.373. The highest BCUT2D eigenvalue weighted by molar-refractivity contribution is 5.79. The number of ether oxygens (including phenoxy) is 1. The molecule has 1 saturated heterocycles. The maximum atomic E-state index is 14.2. The van der Waals surface area contributed by atoms with Gasteiger partial charge >= 0.3 is 12.1 Å². The summed E-state index contributed by atoms with van der Waals surface area (Å²) in [4.78, 5) is 24.2. The average molecular weight is 325 g/mol. The zero-order valence-electron chi connectivity index (χ0n) is 12.4. The molecule has 23 heavy (non-hydrogen) atoms. The minimum Gasteiger partial charge on any atom is -0.481 e. The largest absolute Gasteiger partial charge is 0.481 e. The van der Waals surface area contributed by atoms with Crippen molar-refractivity contribution in [1.29, 1.82) is 0 Å². The van der Waals surface area contributed by atoms with E-state index in [2.05, 4.69) is 0 Å². The molecule has 1 saturated carbocycles. The Balaban J connectivity index is 1.63. The van der Waals surface area contributed by atoms with E-state index in [-0.39, 0.29) is 26.0 Å². The summed E-state index contributed by atoms with van der Waals surface area (Å²) in [6.45, 7) is -1.08. The molecule has 1 aliphatic heterocycles. The third-order valence-electron chi connectivity index (χ3n) is 4.66. The van der Waals surface area contributed by atoms with Crippen molar-refractivity contribution in [1.82, 2.24) is 4.90 Å². The molecule has 1 atom stereocenters. The Morgan fingerprint density at radius 2 is 1.91 bits per heavy atom. The summed E-state index contributed by atoms with van der Waals surface area (Å²) >= 11 is 0. The molecule has 2 fully saturated rings. The highest BCUT2D eigenvalue weighted by Crippen LogP contribution is 2.59. The first kappa shape index (κ1) is 15.7. The number of nitrogens with zero attached hydrogens (tertiary/aromatic N) is 1. The fourth-order valence-corrected chi connectivity index (χ4v) is 3.16. The number of carboxylic acid groups (broad SMARTS) is 1. The van der Waals surface area contributed by atoms with Gasteiger partial charge in [0, 0.05) is 6.54 Å². The molecule has 3 rings (SSSR count). The van der Waals surface area contributed by atoms with Gasteiger partial charge in [0.1, 0.15) is 6.61 Å². The summed E-state index contributed by atoms with van der Waals surface area (Å²) in [5.74, 6) is -5.76. The predicted octanol–water partition coefficient (Wildman–Crippen LogP) is 2.76. The molecule has 5 nitrogen and oxygen atoms in total. The molecule has 1 aromatic rings. The maximum absolute atomic E-state index is 14.2. The number of carboxylic acids is 1. The number of carbonyl (C=O) groups is 2. The van der Waals surface area contributed by atoms with Gasteiger partial charge in [-0.15, -0.1) is 0 Å². The molecule has 1 unspecified atom stereocenters. The third kappa shape index (κ3) is 2.87. The SMILES string of the molecule is O=C(OCc1ccccc1)N1CC(C2(C(=O)O)CC2)C(F)(F)C1. The first-order chi connectivity index (χ1) is 10.8. The van der Waals surface area contributed by atoms with Crippen molar-refractivity contribution in [3.63, 3.8) is 0 Å². The minimum absolute atomic E-state index is 0.00349. The Labute approximate surface area is 131 Å². The molecule has 0 radical (unpaired) electrons. The van der Waals surface area contributed by atoms with Crippen LogP contribution in [0.25, 0.3) is 0 Å². The fourth-order valence-electron chi connectivity index (χ4n) is 3.16. The van der Waals surface area contributed by atoms with Crippen LogP contribution in [0.3, 0.4) is 0 Å². The third-order valence-corrected chi connectivity index (χ3v) is 4.66. The summed E-state index contributed by atoms with van der Waals surface area (Å²) in [7, 11) is 0. The van der Waals surface area contributed by atoms with Gasteiger partial charge in [-0.3, -0.25) is 4.79 Å². The van der Waals surface area contributed by atoms with Gasteiger partial charge < -0.3 is 14.7 Å². The number of carbonyl (C=O) groups excluding carboxylic acids is 1. The number of likely N-dealkylation sites (tertiary alicyclic amines) is 1. The summed E-state index contributed by atoms with van der Waals surface area (Å²) in [5.41, 5.74) is -0.634. The normalized spacial score (nSPS) is 24.3. The minimum atomic E-state index is -3.21. The highest BCUT2D eigenvalue weighted by Gasteiger charge is 2.67. The number of hydrogen-bond acceptors (Lipinski definition) is 3. The predicted molar refractivity (Wildman–Crippen MR) is 75.9 cm³/mol. The van der Waals surface area contributed by atoms with E-state index < -0.39 is 35.9 Å². The molecule has 1 aromatic carbocycles. The topological polar surface area (TPSA) is 66.8 Å². The van der Waals surface area contributed by atoms with Crippen molar-refractivity contribution < 1.29 is 28.2 Å². The zero-order chi connectivity index (χ0) is 16.7. The molecule has 1 amide bonds. The van der Waals surface area contributed by atoms with Crippen LogP contribution in [-0.4, -0.2) is 41.1 Å². The van der Waals surface area contributed by atoms with Crippen LogP contribution in [0.15, 0.2) is 30.3 Å². The van der Waals surface area contributed by atoms with E-state index in [1.807, 2.05) is 6.07 Å². The molecule has 1 heterocycles. The Kier molecular flexibility index (Phi) is 3.74. The number of hydrogen-bond donors (Lipinski definition) is 1. The second kappa shape index (κ2) is 5.47. The second-order valence-corrected chi connectivity index (χ2v) is 6.20. The summed E-state index contributed by atoms with van der Waals surface area (Å²) in [6, 6.07) is 8.91. The van der Waals surface area contributed by atoms with Gasteiger partial charge in [0.2, 0.25) is 0 Å². The van der Waals surface area contributed by atoms with Crippen LogP contribution in [-0.2, 0) is 16.1 Å². The molecule has 1 aliphatic carbocycles. The first-order valence-corrected chi connectivity index (χ1v) is 7.42. The fraction of sp³-hybridized carbons (Fsp3) is 0.500. The first-order valence-electron chi connectivity index (χ1n) is 7.42. The van der Waals surface area contributed by atoms with Gasteiger partial charge in [0.25, 0.3) is 5.92 Å².